The van der Waals surface area contributed by atoms with E-state index in [1.807, 2.05) is 0 Å². The van der Waals surface area contributed by atoms with Gasteiger partial charge in [-0.25, -0.2) is 0 Å². The molecule has 2 bridgehead atoms. The number of hydrogen-bond donors (Lipinski definition) is 5. The first-order chi connectivity index (χ1) is 20.0. The standard InChI is InChI=1S/C37H67N3O2/c1-25(2)9-7-16-39-22-26(3)10-6-11-27-17-30-33-28(12-13-29(40-33)23-38-5)19-37-31(20-35(30,37)18-27)36(42)15-8-14-34(4,24-36)21-32(37)41/h25-33,38-42H,6-24H2,1-5H3. The van der Waals surface area contributed by atoms with Crippen LogP contribution in [0.4, 0.5) is 0 Å². The molecule has 6 fully saturated rings. The van der Waals surface area contributed by atoms with Gasteiger partial charge < -0.3 is 26.2 Å². The highest BCUT2D eigenvalue weighted by atomic mass is 16.3. The summed E-state index contributed by atoms with van der Waals surface area (Å²) in [7, 11) is 2.09. The van der Waals surface area contributed by atoms with Gasteiger partial charge in [0.15, 0.2) is 0 Å². The van der Waals surface area contributed by atoms with E-state index >= 15 is 0 Å². The van der Waals surface area contributed by atoms with Crippen LogP contribution in [0.3, 0.4) is 0 Å². The normalized spacial score (nSPS) is 48.4. The quantitative estimate of drug-likeness (QED) is 0.175. The summed E-state index contributed by atoms with van der Waals surface area (Å²) in [5, 5.41) is 36.2. The minimum absolute atomic E-state index is 0.0604. The van der Waals surface area contributed by atoms with Gasteiger partial charge in [0.05, 0.1) is 11.7 Å². The predicted octanol–water partition coefficient (Wildman–Crippen LogP) is 6.27. The lowest BCUT2D eigenvalue weighted by Crippen LogP contribution is -2.76. The Balaban J connectivity index is 1.17. The minimum Gasteiger partial charge on any atom is -0.392 e. The summed E-state index contributed by atoms with van der Waals surface area (Å²) < 4.78 is 0. The molecule has 5 N–H and O–H groups in total. The lowest BCUT2D eigenvalue weighted by molar-refractivity contribution is -0.305. The first-order valence-corrected chi connectivity index (χ1v) is 18.6. The highest BCUT2D eigenvalue weighted by Crippen LogP contribution is 2.82. The molecule has 2 spiro atoms. The van der Waals surface area contributed by atoms with Crippen molar-refractivity contribution >= 4 is 0 Å². The molecule has 1 heterocycles. The van der Waals surface area contributed by atoms with Crippen molar-refractivity contribution in [2.24, 2.45) is 51.8 Å². The number of likely N-dealkylation sites (N-methyl/N-ethyl adjacent to an activating group) is 1. The Morgan fingerprint density at radius 2 is 1.83 bits per heavy atom. The Kier molecular flexibility index (Phi) is 9.22. The molecule has 1 aliphatic heterocycles. The topological polar surface area (TPSA) is 76.5 Å². The highest BCUT2D eigenvalue weighted by molar-refractivity contribution is 5.29. The number of hydrogen-bond acceptors (Lipinski definition) is 5. The zero-order valence-electron chi connectivity index (χ0n) is 28.0. The third-order valence-electron chi connectivity index (χ3n) is 14.4. The van der Waals surface area contributed by atoms with E-state index < -0.39 is 5.60 Å². The third kappa shape index (κ3) is 5.46. The molecule has 5 heteroatoms. The maximum Gasteiger partial charge on any atom is 0.0687 e. The molecule has 242 valence electrons. The van der Waals surface area contributed by atoms with Gasteiger partial charge in [0.1, 0.15) is 0 Å². The monoisotopic (exact) mass is 586 g/mol. The number of aliphatic hydroxyl groups is 2. The van der Waals surface area contributed by atoms with Crippen molar-refractivity contribution in [1.82, 2.24) is 16.0 Å². The molecule has 42 heavy (non-hydrogen) atoms. The molecule has 0 radical (unpaired) electrons. The smallest absolute Gasteiger partial charge is 0.0687 e. The van der Waals surface area contributed by atoms with Gasteiger partial charge in [0, 0.05) is 24.0 Å². The van der Waals surface area contributed by atoms with Crippen LogP contribution in [-0.4, -0.2) is 60.7 Å². The summed E-state index contributed by atoms with van der Waals surface area (Å²) in [6.45, 7) is 12.9. The molecule has 12 atom stereocenters. The maximum absolute atomic E-state index is 12.4. The van der Waals surface area contributed by atoms with E-state index in [1.165, 1.54) is 70.6 Å². The SMILES string of the molecule is CNCC1CCC2CC34C(O)CC5(C)CCCC(O)(C5)C3CC43CC(CCCC(C)CNCCCC(C)C)CC3C2N1. The van der Waals surface area contributed by atoms with Gasteiger partial charge in [0.2, 0.25) is 0 Å². The number of nitrogens with one attached hydrogen (secondary N) is 3. The van der Waals surface area contributed by atoms with E-state index in [2.05, 4.69) is 50.7 Å². The van der Waals surface area contributed by atoms with Gasteiger partial charge >= 0.3 is 0 Å². The van der Waals surface area contributed by atoms with E-state index in [1.54, 1.807) is 0 Å². The van der Waals surface area contributed by atoms with E-state index in [4.69, 9.17) is 0 Å². The number of piperidine rings is 1. The van der Waals surface area contributed by atoms with Crippen LogP contribution in [0.15, 0.2) is 0 Å². The second-order valence-electron chi connectivity index (χ2n) is 17.8. The fourth-order valence-corrected chi connectivity index (χ4v) is 12.8. The molecule has 5 aliphatic carbocycles. The zero-order valence-corrected chi connectivity index (χ0v) is 28.0. The second kappa shape index (κ2) is 12.2. The average molecular weight is 586 g/mol. The Labute approximate surface area is 258 Å². The van der Waals surface area contributed by atoms with Gasteiger partial charge in [-0.1, -0.05) is 47.0 Å². The van der Waals surface area contributed by atoms with Crippen molar-refractivity contribution < 1.29 is 10.2 Å². The molecule has 0 aromatic heterocycles. The Bertz CT molecular complexity index is 929. The summed E-state index contributed by atoms with van der Waals surface area (Å²) in [4.78, 5) is 0. The van der Waals surface area contributed by atoms with Crippen molar-refractivity contribution in [3.05, 3.63) is 0 Å². The zero-order chi connectivity index (χ0) is 29.8. The maximum atomic E-state index is 12.4. The summed E-state index contributed by atoms with van der Waals surface area (Å²) in [6, 6.07) is 1.18. The molecule has 0 aromatic rings. The molecule has 0 aromatic carbocycles. The fraction of sp³-hybridized carbons (Fsp3) is 1.00. The van der Waals surface area contributed by atoms with Crippen molar-refractivity contribution in [2.75, 3.05) is 26.7 Å². The molecule has 5 nitrogen and oxygen atoms in total. The minimum atomic E-state index is -0.556. The molecule has 1 saturated heterocycles. The molecule has 6 aliphatic rings. The van der Waals surface area contributed by atoms with Crippen LogP contribution in [-0.2, 0) is 0 Å². The third-order valence-corrected chi connectivity index (χ3v) is 14.4. The number of fused-ring (bicyclic) bond motifs is 5. The van der Waals surface area contributed by atoms with Crippen LogP contribution in [0, 0.1) is 51.8 Å². The van der Waals surface area contributed by atoms with Crippen LogP contribution in [0.2, 0.25) is 0 Å². The highest BCUT2D eigenvalue weighted by Gasteiger charge is 2.80. The molecule has 0 amide bonds. The van der Waals surface area contributed by atoms with Crippen LogP contribution in [0.5, 0.6) is 0 Å². The molecular formula is C37H67N3O2. The Hall–Kier alpha value is -0.200. The van der Waals surface area contributed by atoms with Gasteiger partial charge in [0.25, 0.3) is 0 Å². The summed E-state index contributed by atoms with van der Waals surface area (Å²) in [5.74, 6) is 3.96. The van der Waals surface area contributed by atoms with Crippen LogP contribution in [0.25, 0.3) is 0 Å². The lowest BCUT2D eigenvalue weighted by atomic mass is 9.31. The summed E-state index contributed by atoms with van der Waals surface area (Å²) >= 11 is 0. The molecule has 6 rings (SSSR count). The van der Waals surface area contributed by atoms with Gasteiger partial charge in [-0.15, -0.1) is 0 Å². The van der Waals surface area contributed by atoms with E-state index in [-0.39, 0.29) is 22.3 Å². The second-order valence-corrected chi connectivity index (χ2v) is 17.8. The van der Waals surface area contributed by atoms with Crippen LogP contribution in [0.1, 0.15) is 130 Å². The first-order valence-electron chi connectivity index (χ1n) is 18.6. The van der Waals surface area contributed by atoms with Gasteiger partial charge in [-0.2, -0.15) is 0 Å². The molecule has 5 saturated carbocycles. The largest absolute Gasteiger partial charge is 0.392 e. The van der Waals surface area contributed by atoms with Gasteiger partial charge in [-0.3, -0.25) is 0 Å². The predicted molar refractivity (Wildman–Crippen MR) is 173 cm³/mol. The Morgan fingerprint density at radius 3 is 2.62 bits per heavy atom. The number of aliphatic hydroxyl groups excluding tert-OH is 1. The molecular weight excluding hydrogens is 518 g/mol. The molecule has 12 unspecified atom stereocenters. The van der Waals surface area contributed by atoms with Crippen molar-refractivity contribution in [3.63, 3.8) is 0 Å². The van der Waals surface area contributed by atoms with Crippen molar-refractivity contribution in [1.29, 1.82) is 0 Å². The van der Waals surface area contributed by atoms with E-state index in [0.29, 0.717) is 29.8 Å². The Morgan fingerprint density at radius 1 is 1.00 bits per heavy atom. The van der Waals surface area contributed by atoms with Crippen LogP contribution < -0.4 is 16.0 Å². The number of rotatable bonds is 12. The van der Waals surface area contributed by atoms with Gasteiger partial charge in [-0.05, 0) is 150 Å². The fourth-order valence-electron chi connectivity index (χ4n) is 12.8. The average Bonchev–Trinajstić information content (AvgIpc) is 3.30. The first kappa shape index (κ1) is 31.8. The summed E-state index contributed by atoms with van der Waals surface area (Å²) in [6.07, 6.45) is 19.0. The summed E-state index contributed by atoms with van der Waals surface area (Å²) in [5.41, 5.74) is -0.287. The van der Waals surface area contributed by atoms with Crippen molar-refractivity contribution in [3.8, 4) is 0 Å². The van der Waals surface area contributed by atoms with E-state index in [9.17, 15) is 10.2 Å². The van der Waals surface area contributed by atoms with E-state index in [0.717, 1.165) is 69.5 Å². The lowest BCUT2D eigenvalue weighted by Gasteiger charge is -2.75. The van der Waals surface area contributed by atoms with Crippen molar-refractivity contribution in [2.45, 2.75) is 154 Å². The van der Waals surface area contributed by atoms with Crippen LogP contribution >= 0.6 is 0 Å².